The molecule has 0 spiro atoms. The molecule has 1 aliphatic heterocycles. The molecule has 0 amide bonds. The van der Waals surface area contributed by atoms with Crippen LogP contribution in [0.4, 0.5) is 0 Å². The Hall–Kier alpha value is -0.120. The summed E-state index contributed by atoms with van der Waals surface area (Å²) >= 11 is 0. The third-order valence-electron chi connectivity index (χ3n) is 4.86. The standard InChI is InChI=1S/C14H29N3/c1-11(2)12-4-5-13(15)14(10-12)17-8-6-16(3)7-9-17/h11-14H,4-10,15H2,1-3H3. The molecule has 1 saturated heterocycles. The van der Waals surface area contributed by atoms with Gasteiger partial charge in [-0.1, -0.05) is 13.8 Å². The van der Waals surface area contributed by atoms with Gasteiger partial charge in [-0.3, -0.25) is 4.90 Å². The first-order valence-corrected chi connectivity index (χ1v) is 7.26. The van der Waals surface area contributed by atoms with Crippen LogP contribution in [0.25, 0.3) is 0 Å². The molecule has 0 bridgehead atoms. The van der Waals surface area contributed by atoms with Gasteiger partial charge in [0.2, 0.25) is 0 Å². The second-order valence-electron chi connectivity index (χ2n) is 6.39. The molecule has 0 aromatic heterocycles. The van der Waals surface area contributed by atoms with Crippen molar-refractivity contribution >= 4 is 0 Å². The van der Waals surface area contributed by atoms with Crippen LogP contribution in [0.3, 0.4) is 0 Å². The van der Waals surface area contributed by atoms with Crippen LogP contribution in [0.1, 0.15) is 33.1 Å². The third-order valence-corrected chi connectivity index (χ3v) is 4.86. The van der Waals surface area contributed by atoms with Crippen LogP contribution in [0.2, 0.25) is 0 Å². The summed E-state index contributed by atoms with van der Waals surface area (Å²) in [4.78, 5) is 5.07. The topological polar surface area (TPSA) is 32.5 Å². The maximum atomic E-state index is 6.35. The molecule has 3 nitrogen and oxygen atoms in total. The Morgan fingerprint density at radius 1 is 1.06 bits per heavy atom. The summed E-state index contributed by atoms with van der Waals surface area (Å²) in [5, 5.41) is 0. The lowest BCUT2D eigenvalue weighted by Crippen LogP contribution is -2.57. The van der Waals surface area contributed by atoms with Gasteiger partial charge in [0.25, 0.3) is 0 Å². The van der Waals surface area contributed by atoms with E-state index in [-0.39, 0.29) is 0 Å². The lowest BCUT2D eigenvalue weighted by Gasteiger charge is -2.45. The van der Waals surface area contributed by atoms with Crippen LogP contribution in [0, 0.1) is 11.8 Å². The van der Waals surface area contributed by atoms with Crippen LogP contribution in [0.5, 0.6) is 0 Å². The molecule has 0 radical (unpaired) electrons. The highest BCUT2D eigenvalue weighted by Crippen LogP contribution is 2.32. The summed E-state index contributed by atoms with van der Waals surface area (Å²) < 4.78 is 0. The van der Waals surface area contributed by atoms with Crippen molar-refractivity contribution in [1.29, 1.82) is 0 Å². The first-order chi connectivity index (χ1) is 8.08. The summed E-state index contributed by atoms with van der Waals surface area (Å²) in [6.07, 6.45) is 3.88. The molecule has 3 unspecified atom stereocenters. The Morgan fingerprint density at radius 3 is 2.29 bits per heavy atom. The minimum atomic E-state index is 0.411. The number of piperazine rings is 1. The van der Waals surface area contributed by atoms with Gasteiger partial charge in [-0.05, 0) is 38.1 Å². The maximum Gasteiger partial charge on any atom is 0.0251 e. The van der Waals surface area contributed by atoms with Crippen molar-refractivity contribution in [2.45, 2.75) is 45.2 Å². The Morgan fingerprint density at radius 2 is 1.71 bits per heavy atom. The van der Waals surface area contributed by atoms with Crippen LogP contribution >= 0.6 is 0 Å². The molecule has 1 aliphatic carbocycles. The number of likely N-dealkylation sites (N-methyl/N-ethyl adjacent to an activating group) is 1. The van der Waals surface area contributed by atoms with Gasteiger partial charge in [-0.2, -0.15) is 0 Å². The Balaban J connectivity index is 1.93. The van der Waals surface area contributed by atoms with E-state index in [0.717, 1.165) is 11.8 Å². The zero-order valence-electron chi connectivity index (χ0n) is 11.7. The molecular weight excluding hydrogens is 210 g/mol. The fourth-order valence-corrected chi connectivity index (χ4v) is 3.38. The quantitative estimate of drug-likeness (QED) is 0.790. The van der Waals surface area contributed by atoms with Crippen molar-refractivity contribution in [3.63, 3.8) is 0 Å². The summed E-state index contributed by atoms with van der Waals surface area (Å²) in [5.41, 5.74) is 6.35. The van der Waals surface area contributed by atoms with E-state index in [9.17, 15) is 0 Å². The van der Waals surface area contributed by atoms with Crippen molar-refractivity contribution in [3.8, 4) is 0 Å². The second-order valence-corrected chi connectivity index (χ2v) is 6.39. The zero-order chi connectivity index (χ0) is 12.4. The average molecular weight is 239 g/mol. The highest BCUT2D eigenvalue weighted by Gasteiger charge is 2.34. The molecule has 1 heterocycles. The van der Waals surface area contributed by atoms with Crippen molar-refractivity contribution in [3.05, 3.63) is 0 Å². The average Bonchev–Trinajstić information content (AvgIpc) is 2.31. The van der Waals surface area contributed by atoms with Crippen LogP contribution in [-0.4, -0.2) is 55.1 Å². The number of nitrogens with zero attached hydrogens (tertiary/aromatic N) is 2. The van der Waals surface area contributed by atoms with E-state index < -0.39 is 0 Å². The van der Waals surface area contributed by atoms with Crippen molar-refractivity contribution in [2.75, 3.05) is 33.2 Å². The Bertz CT molecular complexity index is 234. The summed E-state index contributed by atoms with van der Waals surface area (Å²) in [6, 6.07) is 1.05. The Labute approximate surface area is 106 Å². The number of nitrogens with two attached hydrogens (primary N) is 1. The lowest BCUT2D eigenvalue weighted by molar-refractivity contribution is 0.0570. The summed E-state index contributed by atoms with van der Waals surface area (Å²) in [7, 11) is 2.22. The number of hydrogen-bond acceptors (Lipinski definition) is 3. The predicted octanol–water partition coefficient (Wildman–Crippen LogP) is 1.39. The van der Waals surface area contributed by atoms with E-state index in [4.69, 9.17) is 5.73 Å². The molecule has 2 fully saturated rings. The molecular formula is C14H29N3. The third kappa shape index (κ3) is 3.21. The number of rotatable bonds is 2. The minimum absolute atomic E-state index is 0.411. The highest BCUT2D eigenvalue weighted by molar-refractivity contribution is 4.91. The molecule has 3 heteroatoms. The molecule has 2 N–H and O–H groups in total. The van der Waals surface area contributed by atoms with Gasteiger partial charge in [-0.15, -0.1) is 0 Å². The largest absolute Gasteiger partial charge is 0.326 e. The van der Waals surface area contributed by atoms with E-state index in [2.05, 4.69) is 30.7 Å². The predicted molar refractivity (Wildman–Crippen MR) is 73.0 cm³/mol. The maximum absolute atomic E-state index is 6.35. The van der Waals surface area contributed by atoms with Crippen LogP contribution in [0.15, 0.2) is 0 Å². The smallest absolute Gasteiger partial charge is 0.0251 e. The second kappa shape index (κ2) is 5.68. The lowest BCUT2D eigenvalue weighted by atomic mass is 9.76. The van der Waals surface area contributed by atoms with Gasteiger partial charge < -0.3 is 10.6 Å². The van der Waals surface area contributed by atoms with E-state index >= 15 is 0 Å². The van der Waals surface area contributed by atoms with Crippen molar-refractivity contribution in [2.24, 2.45) is 17.6 Å². The summed E-state index contributed by atoms with van der Waals surface area (Å²) in [5.74, 6) is 1.71. The fourth-order valence-electron chi connectivity index (χ4n) is 3.38. The van der Waals surface area contributed by atoms with Crippen LogP contribution in [-0.2, 0) is 0 Å². The Kier molecular flexibility index (Phi) is 4.45. The molecule has 17 heavy (non-hydrogen) atoms. The molecule has 100 valence electrons. The minimum Gasteiger partial charge on any atom is -0.326 e. The molecule has 2 aliphatic rings. The normalized spacial score (nSPS) is 37.6. The first-order valence-electron chi connectivity index (χ1n) is 7.26. The van der Waals surface area contributed by atoms with Gasteiger partial charge in [-0.25, -0.2) is 0 Å². The zero-order valence-corrected chi connectivity index (χ0v) is 11.7. The van der Waals surface area contributed by atoms with Crippen molar-refractivity contribution in [1.82, 2.24) is 9.80 Å². The van der Waals surface area contributed by atoms with E-state index in [1.54, 1.807) is 0 Å². The highest BCUT2D eigenvalue weighted by atomic mass is 15.3. The molecule has 0 aromatic rings. The van der Waals surface area contributed by atoms with Gasteiger partial charge >= 0.3 is 0 Å². The van der Waals surface area contributed by atoms with Crippen molar-refractivity contribution < 1.29 is 0 Å². The van der Waals surface area contributed by atoms with E-state index in [0.29, 0.717) is 12.1 Å². The van der Waals surface area contributed by atoms with Gasteiger partial charge in [0, 0.05) is 38.3 Å². The first kappa shape index (κ1) is 13.3. The monoisotopic (exact) mass is 239 g/mol. The van der Waals surface area contributed by atoms with E-state index in [1.807, 2.05) is 0 Å². The number of hydrogen-bond donors (Lipinski definition) is 1. The summed E-state index contributed by atoms with van der Waals surface area (Å²) in [6.45, 7) is 9.55. The fraction of sp³-hybridized carbons (Fsp3) is 1.00. The molecule has 0 aromatic carbocycles. The molecule has 3 atom stereocenters. The van der Waals surface area contributed by atoms with Gasteiger partial charge in [0.05, 0.1) is 0 Å². The van der Waals surface area contributed by atoms with Gasteiger partial charge in [0.15, 0.2) is 0 Å². The SMILES string of the molecule is CC(C)C1CCC(N)C(N2CCN(C)CC2)C1. The van der Waals surface area contributed by atoms with Gasteiger partial charge in [0.1, 0.15) is 0 Å². The van der Waals surface area contributed by atoms with Crippen LogP contribution < -0.4 is 5.73 Å². The van der Waals surface area contributed by atoms with E-state index in [1.165, 1.54) is 45.4 Å². The molecule has 1 saturated carbocycles. The molecule has 2 rings (SSSR count).